The topological polar surface area (TPSA) is 38.3 Å². The zero-order chi connectivity index (χ0) is 16.0. The van der Waals surface area contributed by atoms with Crippen molar-refractivity contribution in [3.8, 4) is 0 Å². The van der Waals surface area contributed by atoms with Crippen LogP contribution in [0, 0.1) is 0 Å². The molecule has 0 aliphatic carbocycles. The number of ether oxygens (including phenoxy) is 1. The van der Waals surface area contributed by atoms with Crippen molar-refractivity contribution in [3.05, 3.63) is 29.8 Å². The molecule has 0 saturated carbocycles. The van der Waals surface area contributed by atoms with Gasteiger partial charge in [-0.2, -0.15) is 13.2 Å². The Bertz CT molecular complexity index is 496. The van der Waals surface area contributed by atoms with E-state index in [2.05, 4.69) is 5.32 Å². The first-order valence-electron chi connectivity index (χ1n) is 7.50. The summed E-state index contributed by atoms with van der Waals surface area (Å²) in [6.07, 6.45) is -2.14. The lowest BCUT2D eigenvalue weighted by atomic mass is 10.1. The van der Waals surface area contributed by atoms with Crippen LogP contribution in [0.25, 0.3) is 0 Å². The van der Waals surface area contributed by atoms with Crippen molar-refractivity contribution in [2.24, 2.45) is 0 Å². The molecule has 0 bridgehead atoms. The summed E-state index contributed by atoms with van der Waals surface area (Å²) in [6.45, 7) is 0.743. The molecule has 3 nitrogen and oxygen atoms in total. The highest BCUT2D eigenvalue weighted by Gasteiger charge is 2.27. The summed E-state index contributed by atoms with van der Waals surface area (Å²) >= 11 is 0. The van der Waals surface area contributed by atoms with Crippen LogP contribution in [0.4, 0.5) is 18.9 Å². The minimum Gasteiger partial charge on any atom is -0.378 e. The number of carbonyl (C=O) groups excluding carboxylic acids is 1. The van der Waals surface area contributed by atoms with Crippen LogP contribution >= 0.6 is 0 Å². The predicted octanol–water partition coefficient (Wildman–Crippen LogP) is 4.08. The van der Waals surface area contributed by atoms with E-state index in [4.69, 9.17) is 4.74 Å². The maximum Gasteiger partial charge on any atom is 0.389 e. The van der Waals surface area contributed by atoms with E-state index in [-0.39, 0.29) is 18.4 Å². The first-order valence-corrected chi connectivity index (χ1v) is 7.50. The van der Waals surface area contributed by atoms with E-state index < -0.39 is 12.6 Å². The van der Waals surface area contributed by atoms with Crippen molar-refractivity contribution in [1.29, 1.82) is 0 Å². The molecular weight excluding hydrogens is 295 g/mol. The van der Waals surface area contributed by atoms with Crippen LogP contribution in [-0.4, -0.2) is 24.8 Å². The van der Waals surface area contributed by atoms with Gasteiger partial charge >= 0.3 is 6.18 Å². The Kier molecular flexibility index (Phi) is 5.83. The number of alkyl halides is 3. The Hall–Kier alpha value is -1.56. The largest absolute Gasteiger partial charge is 0.389 e. The van der Waals surface area contributed by atoms with Gasteiger partial charge < -0.3 is 10.1 Å². The van der Waals surface area contributed by atoms with E-state index >= 15 is 0 Å². The Balaban J connectivity index is 1.86. The Morgan fingerprint density at radius 3 is 2.77 bits per heavy atom. The molecule has 1 heterocycles. The zero-order valence-electron chi connectivity index (χ0n) is 12.3. The molecule has 22 heavy (non-hydrogen) atoms. The number of anilines is 1. The van der Waals surface area contributed by atoms with Crippen molar-refractivity contribution in [3.63, 3.8) is 0 Å². The summed E-state index contributed by atoms with van der Waals surface area (Å²) in [5.74, 6) is -0.185. The third-order valence-corrected chi connectivity index (χ3v) is 3.69. The molecular formula is C16H20F3NO2. The molecule has 1 aromatic rings. The molecule has 1 aliphatic heterocycles. The second-order valence-corrected chi connectivity index (χ2v) is 5.49. The quantitative estimate of drug-likeness (QED) is 0.859. The van der Waals surface area contributed by atoms with Crippen molar-refractivity contribution >= 4 is 11.6 Å². The van der Waals surface area contributed by atoms with Crippen LogP contribution in [0.1, 0.15) is 37.7 Å². The van der Waals surface area contributed by atoms with E-state index in [1.807, 2.05) is 0 Å². The Morgan fingerprint density at radius 1 is 1.32 bits per heavy atom. The predicted molar refractivity (Wildman–Crippen MR) is 77.7 cm³/mol. The second-order valence-electron chi connectivity index (χ2n) is 5.49. The average Bonchev–Trinajstić information content (AvgIpc) is 2.97. The molecule has 0 aromatic heterocycles. The van der Waals surface area contributed by atoms with Crippen molar-refractivity contribution in [2.45, 2.75) is 50.8 Å². The standard InChI is InChI=1S/C16H20F3NO2/c17-16(18,19)10-9-12-4-1-2-6-14(12)20-15(21)8-7-13-5-3-11-22-13/h1-2,4,6,13H,3,5,7-11H2,(H,20,21)/t13-/m1/s1. The summed E-state index contributed by atoms with van der Waals surface area (Å²) in [5.41, 5.74) is 0.967. The normalized spacial score (nSPS) is 18.4. The number of halogens is 3. The van der Waals surface area contributed by atoms with Gasteiger partial charge in [-0.3, -0.25) is 4.79 Å². The lowest BCUT2D eigenvalue weighted by Crippen LogP contribution is -2.16. The molecule has 0 spiro atoms. The van der Waals surface area contributed by atoms with Gasteiger partial charge in [0.2, 0.25) is 5.91 Å². The molecule has 1 fully saturated rings. The fourth-order valence-corrected chi connectivity index (χ4v) is 2.51. The van der Waals surface area contributed by atoms with E-state index in [1.165, 1.54) is 0 Å². The molecule has 1 amide bonds. The SMILES string of the molecule is O=C(CC[C@H]1CCCO1)Nc1ccccc1CCC(F)(F)F. The number of benzene rings is 1. The van der Waals surface area contributed by atoms with Gasteiger partial charge in [-0.1, -0.05) is 18.2 Å². The number of nitrogens with one attached hydrogen (secondary N) is 1. The van der Waals surface area contributed by atoms with Crippen LogP contribution < -0.4 is 5.32 Å². The summed E-state index contributed by atoms with van der Waals surface area (Å²) in [4.78, 5) is 11.9. The molecule has 6 heteroatoms. The molecule has 1 aliphatic rings. The highest BCUT2D eigenvalue weighted by Crippen LogP contribution is 2.25. The maximum absolute atomic E-state index is 12.3. The van der Waals surface area contributed by atoms with Crippen molar-refractivity contribution < 1.29 is 22.7 Å². The first kappa shape index (κ1) is 16.8. The van der Waals surface area contributed by atoms with Gasteiger partial charge in [0.15, 0.2) is 0 Å². The van der Waals surface area contributed by atoms with E-state index in [1.54, 1.807) is 24.3 Å². The van der Waals surface area contributed by atoms with Crippen molar-refractivity contribution in [1.82, 2.24) is 0 Å². The minimum atomic E-state index is -4.20. The van der Waals surface area contributed by atoms with Crippen LogP contribution in [0.2, 0.25) is 0 Å². The minimum absolute atomic E-state index is 0.131. The number of rotatable bonds is 6. The van der Waals surface area contributed by atoms with Gasteiger partial charge in [0, 0.05) is 25.1 Å². The van der Waals surface area contributed by atoms with Gasteiger partial charge in [0.05, 0.1) is 6.10 Å². The van der Waals surface area contributed by atoms with E-state index in [0.29, 0.717) is 24.1 Å². The molecule has 1 atom stereocenters. The number of hydrogen-bond donors (Lipinski definition) is 1. The zero-order valence-corrected chi connectivity index (χ0v) is 12.3. The van der Waals surface area contributed by atoms with Gasteiger partial charge in [-0.25, -0.2) is 0 Å². The first-order chi connectivity index (χ1) is 10.4. The molecule has 122 valence electrons. The number of para-hydroxylation sites is 1. The second kappa shape index (κ2) is 7.63. The van der Waals surface area contributed by atoms with Crippen LogP contribution in [0.5, 0.6) is 0 Å². The Morgan fingerprint density at radius 2 is 2.09 bits per heavy atom. The summed E-state index contributed by atoms with van der Waals surface area (Å²) in [5, 5.41) is 2.71. The average molecular weight is 315 g/mol. The molecule has 0 unspecified atom stereocenters. The highest BCUT2D eigenvalue weighted by molar-refractivity contribution is 5.91. The van der Waals surface area contributed by atoms with Gasteiger partial charge in [0.1, 0.15) is 0 Å². The molecule has 0 radical (unpaired) electrons. The molecule has 1 aromatic carbocycles. The monoisotopic (exact) mass is 315 g/mol. The number of aryl methyl sites for hydroxylation is 1. The van der Waals surface area contributed by atoms with Gasteiger partial charge in [0.25, 0.3) is 0 Å². The smallest absolute Gasteiger partial charge is 0.378 e. The number of carbonyl (C=O) groups is 1. The van der Waals surface area contributed by atoms with Crippen LogP contribution in [0.15, 0.2) is 24.3 Å². The summed E-state index contributed by atoms with van der Waals surface area (Å²) < 4.78 is 42.4. The maximum atomic E-state index is 12.3. The van der Waals surface area contributed by atoms with E-state index in [9.17, 15) is 18.0 Å². The molecule has 1 saturated heterocycles. The number of amides is 1. The Labute approximate surface area is 127 Å². The fraction of sp³-hybridized carbons (Fsp3) is 0.562. The summed E-state index contributed by atoms with van der Waals surface area (Å²) in [7, 11) is 0. The lowest BCUT2D eigenvalue weighted by molar-refractivity contribution is -0.133. The van der Waals surface area contributed by atoms with Crippen molar-refractivity contribution in [2.75, 3.05) is 11.9 Å². The third-order valence-electron chi connectivity index (χ3n) is 3.69. The highest BCUT2D eigenvalue weighted by atomic mass is 19.4. The van der Waals surface area contributed by atoms with Crippen LogP contribution in [0.3, 0.4) is 0 Å². The van der Waals surface area contributed by atoms with Gasteiger partial charge in [-0.05, 0) is 37.3 Å². The molecule has 2 rings (SSSR count). The molecule has 1 N–H and O–H groups in total. The summed E-state index contributed by atoms with van der Waals surface area (Å²) in [6, 6.07) is 6.62. The lowest BCUT2D eigenvalue weighted by Gasteiger charge is -2.13. The third kappa shape index (κ3) is 5.67. The number of hydrogen-bond acceptors (Lipinski definition) is 2. The van der Waals surface area contributed by atoms with Crippen LogP contribution in [-0.2, 0) is 16.0 Å². The fourth-order valence-electron chi connectivity index (χ4n) is 2.51. The van der Waals surface area contributed by atoms with E-state index in [0.717, 1.165) is 19.4 Å². The van der Waals surface area contributed by atoms with Gasteiger partial charge in [-0.15, -0.1) is 0 Å².